The van der Waals surface area contributed by atoms with Crippen molar-refractivity contribution in [1.82, 2.24) is 10.2 Å². The summed E-state index contributed by atoms with van der Waals surface area (Å²) < 4.78 is 0. The number of aryl methyl sites for hydroxylation is 2. The topological polar surface area (TPSA) is 32.3 Å². The van der Waals surface area contributed by atoms with Crippen LogP contribution in [0.4, 0.5) is 0 Å². The van der Waals surface area contributed by atoms with Crippen molar-refractivity contribution in [2.24, 2.45) is 0 Å². The van der Waals surface area contributed by atoms with Crippen LogP contribution in [0.5, 0.6) is 0 Å². The van der Waals surface area contributed by atoms with E-state index in [-0.39, 0.29) is 18.3 Å². The Morgan fingerprint density at radius 1 is 1.53 bits per heavy atom. The van der Waals surface area contributed by atoms with E-state index in [0.29, 0.717) is 6.04 Å². The summed E-state index contributed by atoms with van der Waals surface area (Å²) in [4.78, 5) is 16.3. The molecule has 1 aliphatic rings. The predicted octanol–water partition coefficient (Wildman–Crippen LogP) is 2.22. The molecule has 0 aromatic carbocycles. The lowest BCUT2D eigenvalue weighted by Crippen LogP contribution is -2.33. The number of nitrogens with zero attached hydrogens (tertiary/aromatic N) is 1. The normalized spacial score (nSPS) is 19.2. The summed E-state index contributed by atoms with van der Waals surface area (Å²) in [5, 5.41) is 3.23. The molecule has 3 nitrogen and oxygen atoms in total. The highest BCUT2D eigenvalue weighted by molar-refractivity contribution is 7.14. The van der Waals surface area contributed by atoms with Crippen LogP contribution >= 0.6 is 23.7 Å². The maximum atomic E-state index is 12.2. The van der Waals surface area contributed by atoms with Crippen LogP contribution in [0.3, 0.4) is 0 Å². The summed E-state index contributed by atoms with van der Waals surface area (Å²) in [5.74, 6) is 0.193. The molecule has 1 aromatic heterocycles. The minimum Gasteiger partial charge on any atom is -0.336 e. The molecule has 1 N–H and O–H groups in total. The summed E-state index contributed by atoms with van der Waals surface area (Å²) in [5.41, 5.74) is 1.22. The first-order valence-corrected chi connectivity index (χ1v) is 6.47. The molecule has 1 aromatic rings. The fourth-order valence-corrected chi connectivity index (χ4v) is 3.02. The third kappa shape index (κ3) is 3.00. The van der Waals surface area contributed by atoms with Gasteiger partial charge in [0.15, 0.2) is 0 Å². The first-order valence-electron chi connectivity index (χ1n) is 5.65. The van der Waals surface area contributed by atoms with Crippen LogP contribution in [-0.2, 0) is 0 Å². The molecule has 0 spiro atoms. The number of nitrogens with one attached hydrogen (secondary N) is 1. The number of likely N-dealkylation sites (N-methyl/N-ethyl adjacent to an activating group) is 1. The van der Waals surface area contributed by atoms with Crippen molar-refractivity contribution < 1.29 is 4.79 Å². The van der Waals surface area contributed by atoms with Gasteiger partial charge in [-0.25, -0.2) is 0 Å². The molecule has 2 heterocycles. The van der Waals surface area contributed by atoms with Gasteiger partial charge in [0.05, 0.1) is 4.88 Å². The lowest BCUT2D eigenvalue weighted by atomic mass is 10.3. The van der Waals surface area contributed by atoms with Gasteiger partial charge in [0.2, 0.25) is 0 Å². The van der Waals surface area contributed by atoms with Gasteiger partial charge in [-0.3, -0.25) is 4.79 Å². The number of amides is 1. The average Bonchev–Trinajstić information content (AvgIpc) is 2.86. The van der Waals surface area contributed by atoms with E-state index in [9.17, 15) is 4.79 Å². The van der Waals surface area contributed by atoms with Crippen molar-refractivity contribution in [2.75, 3.05) is 20.1 Å². The van der Waals surface area contributed by atoms with Crippen molar-refractivity contribution in [2.45, 2.75) is 26.3 Å². The van der Waals surface area contributed by atoms with Crippen LogP contribution in [0.15, 0.2) is 6.07 Å². The maximum Gasteiger partial charge on any atom is 0.263 e. The van der Waals surface area contributed by atoms with Crippen molar-refractivity contribution in [3.05, 3.63) is 21.4 Å². The summed E-state index contributed by atoms with van der Waals surface area (Å²) in [6.07, 6.45) is 1.06. The Morgan fingerprint density at radius 3 is 2.71 bits per heavy atom. The molecule has 1 aliphatic heterocycles. The Labute approximate surface area is 113 Å². The number of likely N-dealkylation sites (tertiary alicyclic amines) is 1. The molecular weight excluding hydrogens is 256 g/mol. The van der Waals surface area contributed by atoms with Gasteiger partial charge in [0.1, 0.15) is 0 Å². The largest absolute Gasteiger partial charge is 0.336 e. The van der Waals surface area contributed by atoms with Gasteiger partial charge < -0.3 is 10.2 Å². The van der Waals surface area contributed by atoms with E-state index in [1.54, 1.807) is 11.3 Å². The Balaban J connectivity index is 0.00000144. The number of carbonyl (C=O) groups excluding carboxylic acids is 1. The number of halogens is 1. The minimum absolute atomic E-state index is 0. The van der Waals surface area contributed by atoms with Crippen LogP contribution in [-0.4, -0.2) is 37.0 Å². The number of rotatable bonds is 2. The zero-order valence-electron chi connectivity index (χ0n) is 10.4. The van der Waals surface area contributed by atoms with E-state index in [4.69, 9.17) is 0 Å². The van der Waals surface area contributed by atoms with Gasteiger partial charge in [-0.05, 0) is 38.9 Å². The van der Waals surface area contributed by atoms with E-state index in [1.807, 2.05) is 18.0 Å². The third-order valence-corrected chi connectivity index (χ3v) is 4.40. The highest BCUT2D eigenvalue weighted by Gasteiger charge is 2.26. The molecule has 1 amide bonds. The zero-order chi connectivity index (χ0) is 11.7. The first kappa shape index (κ1) is 14.5. The van der Waals surface area contributed by atoms with Gasteiger partial charge in [-0.1, -0.05) is 0 Å². The maximum absolute atomic E-state index is 12.2. The molecule has 1 unspecified atom stereocenters. The molecule has 1 fully saturated rings. The standard InChI is InChI=1S/C12H18N2OS.ClH/c1-8-6-11(16-9(8)2)12(15)14-5-4-10(7-14)13-3;/h6,10,13H,4-5,7H2,1-3H3;1H. The molecular formula is C12H19ClN2OS. The monoisotopic (exact) mass is 274 g/mol. The summed E-state index contributed by atoms with van der Waals surface area (Å²) in [6, 6.07) is 2.47. The van der Waals surface area contributed by atoms with Crippen molar-refractivity contribution in [3.8, 4) is 0 Å². The fourth-order valence-electron chi connectivity index (χ4n) is 2.01. The summed E-state index contributed by atoms with van der Waals surface area (Å²) >= 11 is 1.61. The second kappa shape index (κ2) is 5.85. The Bertz CT molecular complexity index is 386. The van der Waals surface area contributed by atoms with E-state index in [2.05, 4.69) is 19.2 Å². The average molecular weight is 275 g/mol. The molecule has 0 bridgehead atoms. The molecule has 5 heteroatoms. The first-order chi connectivity index (χ1) is 7.61. The highest BCUT2D eigenvalue weighted by Crippen LogP contribution is 2.23. The lowest BCUT2D eigenvalue weighted by molar-refractivity contribution is 0.0794. The van der Waals surface area contributed by atoms with Gasteiger partial charge >= 0.3 is 0 Å². The van der Waals surface area contributed by atoms with E-state index >= 15 is 0 Å². The molecule has 0 radical (unpaired) electrons. The molecule has 0 aliphatic carbocycles. The number of thiophene rings is 1. The van der Waals surface area contributed by atoms with Crippen LogP contribution < -0.4 is 5.32 Å². The summed E-state index contributed by atoms with van der Waals surface area (Å²) in [7, 11) is 1.96. The second-order valence-electron chi connectivity index (χ2n) is 4.38. The van der Waals surface area contributed by atoms with Gasteiger partial charge in [0.25, 0.3) is 5.91 Å². The highest BCUT2D eigenvalue weighted by atomic mass is 35.5. The van der Waals surface area contributed by atoms with E-state index in [0.717, 1.165) is 24.4 Å². The van der Waals surface area contributed by atoms with Gasteiger partial charge in [-0.2, -0.15) is 0 Å². The predicted molar refractivity (Wildman–Crippen MR) is 74.4 cm³/mol. The SMILES string of the molecule is CNC1CCN(C(=O)c2cc(C)c(C)s2)C1.Cl. The second-order valence-corrected chi connectivity index (χ2v) is 5.63. The van der Waals surface area contributed by atoms with Crippen molar-refractivity contribution >= 4 is 29.7 Å². The molecule has 0 saturated carbocycles. The molecule has 1 saturated heterocycles. The molecule has 96 valence electrons. The van der Waals surface area contributed by atoms with Crippen molar-refractivity contribution in [3.63, 3.8) is 0 Å². The van der Waals surface area contributed by atoms with Crippen LogP contribution in [0, 0.1) is 13.8 Å². The smallest absolute Gasteiger partial charge is 0.263 e. The quantitative estimate of drug-likeness (QED) is 0.897. The van der Waals surface area contributed by atoms with Gasteiger partial charge in [0, 0.05) is 24.0 Å². The Morgan fingerprint density at radius 2 is 2.24 bits per heavy atom. The Kier molecular flexibility index (Phi) is 4.98. The number of hydrogen-bond donors (Lipinski definition) is 1. The molecule has 2 rings (SSSR count). The molecule has 17 heavy (non-hydrogen) atoms. The zero-order valence-corrected chi connectivity index (χ0v) is 12.1. The lowest BCUT2D eigenvalue weighted by Gasteiger charge is -2.15. The van der Waals surface area contributed by atoms with E-state index in [1.165, 1.54) is 10.4 Å². The summed E-state index contributed by atoms with van der Waals surface area (Å²) in [6.45, 7) is 5.84. The van der Waals surface area contributed by atoms with Crippen LogP contribution in [0.25, 0.3) is 0 Å². The van der Waals surface area contributed by atoms with Crippen LogP contribution in [0.1, 0.15) is 26.5 Å². The van der Waals surface area contributed by atoms with Crippen LogP contribution in [0.2, 0.25) is 0 Å². The molecule has 1 atom stereocenters. The van der Waals surface area contributed by atoms with Gasteiger partial charge in [-0.15, -0.1) is 23.7 Å². The number of hydrogen-bond acceptors (Lipinski definition) is 3. The minimum atomic E-state index is 0. The number of carbonyl (C=O) groups is 1. The fraction of sp³-hybridized carbons (Fsp3) is 0.583. The van der Waals surface area contributed by atoms with E-state index < -0.39 is 0 Å². The van der Waals surface area contributed by atoms with Crippen molar-refractivity contribution in [1.29, 1.82) is 0 Å². The third-order valence-electron chi connectivity index (χ3n) is 3.26. The Hall–Kier alpha value is -0.580.